The molecular formula is C33H40FN3O4S. The number of halogens is 1. The largest absolute Gasteiger partial charge is 0.352 e. The highest BCUT2D eigenvalue weighted by molar-refractivity contribution is 7.92. The fourth-order valence-corrected chi connectivity index (χ4v) is 6.96. The highest BCUT2D eigenvalue weighted by atomic mass is 32.2. The molecule has 1 aliphatic rings. The van der Waals surface area contributed by atoms with E-state index in [-0.39, 0.29) is 23.4 Å². The predicted octanol–water partition coefficient (Wildman–Crippen LogP) is 5.89. The molecule has 1 unspecified atom stereocenters. The molecule has 0 radical (unpaired) electrons. The van der Waals surface area contributed by atoms with E-state index in [9.17, 15) is 22.4 Å². The predicted molar refractivity (Wildman–Crippen MR) is 163 cm³/mol. The van der Waals surface area contributed by atoms with Crippen LogP contribution in [0.2, 0.25) is 0 Å². The first kappa shape index (κ1) is 31.2. The lowest BCUT2D eigenvalue weighted by molar-refractivity contribution is -0.140. The fourth-order valence-electron chi connectivity index (χ4n) is 5.47. The summed E-state index contributed by atoms with van der Waals surface area (Å²) in [5, 5.41) is 3.13. The van der Waals surface area contributed by atoms with Gasteiger partial charge in [0.05, 0.1) is 10.6 Å². The van der Waals surface area contributed by atoms with E-state index in [0.717, 1.165) is 42.0 Å². The van der Waals surface area contributed by atoms with Crippen molar-refractivity contribution >= 4 is 27.5 Å². The van der Waals surface area contributed by atoms with Crippen LogP contribution in [-0.2, 0) is 26.2 Å². The Bertz CT molecular complexity index is 1470. The molecule has 0 bridgehead atoms. The molecule has 224 valence electrons. The van der Waals surface area contributed by atoms with Gasteiger partial charge in [-0.3, -0.25) is 13.9 Å². The second kappa shape index (κ2) is 14.0. The number of anilines is 1. The zero-order valence-electron chi connectivity index (χ0n) is 24.6. The maximum Gasteiger partial charge on any atom is 0.264 e. The molecule has 0 aromatic heterocycles. The average Bonchev–Trinajstić information content (AvgIpc) is 2.99. The Labute approximate surface area is 248 Å². The zero-order valence-corrected chi connectivity index (χ0v) is 25.4. The third kappa shape index (κ3) is 7.56. The van der Waals surface area contributed by atoms with Crippen LogP contribution in [-0.4, -0.2) is 43.8 Å². The summed E-state index contributed by atoms with van der Waals surface area (Å²) in [6, 6.07) is 18.5. The molecule has 3 aromatic carbocycles. The number of hydrogen-bond donors (Lipinski definition) is 1. The molecule has 1 N–H and O–H groups in total. The van der Waals surface area contributed by atoms with E-state index < -0.39 is 34.3 Å². The monoisotopic (exact) mass is 593 g/mol. The van der Waals surface area contributed by atoms with Crippen molar-refractivity contribution in [2.45, 2.75) is 82.8 Å². The smallest absolute Gasteiger partial charge is 0.264 e. The van der Waals surface area contributed by atoms with Crippen LogP contribution in [0.25, 0.3) is 0 Å². The van der Waals surface area contributed by atoms with Crippen molar-refractivity contribution in [1.82, 2.24) is 10.2 Å². The van der Waals surface area contributed by atoms with Crippen molar-refractivity contribution < 1.29 is 22.4 Å². The maximum atomic E-state index is 14.2. The molecule has 1 saturated carbocycles. The van der Waals surface area contributed by atoms with Crippen molar-refractivity contribution in [2.75, 3.05) is 10.8 Å². The number of hydrogen-bond acceptors (Lipinski definition) is 4. The van der Waals surface area contributed by atoms with Gasteiger partial charge in [0.25, 0.3) is 10.0 Å². The van der Waals surface area contributed by atoms with Crippen molar-refractivity contribution in [3.05, 3.63) is 95.3 Å². The van der Waals surface area contributed by atoms with E-state index >= 15 is 0 Å². The second-order valence-electron chi connectivity index (χ2n) is 11.0. The highest BCUT2D eigenvalue weighted by Crippen LogP contribution is 2.29. The minimum absolute atomic E-state index is 0.0295. The average molecular weight is 594 g/mol. The van der Waals surface area contributed by atoms with Gasteiger partial charge in [0.2, 0.25) is 11.8 Å². The summed E-state index contributed by atoms with van der Waals surface area (Å²) in [5.74, 6) is -1.19. The van der Waals surface area contributed by atoms with Gasteiger partial charge in [-0.05, 0) is 80.1 Å². The molecule has 4 rings (SSSR count). The van der Waals surface area contributed by atoms with Crippen LogP contribution in [0.3, 0.4) is 0 Å². The van der Waals surface area contributed by atoms with Crippen LogP contribution >= 0.6 is 0 Å². The highest BCUT2D eigenvalue weighted by Gasteiger charge is 2.35. The van der Waals surface area contributed by atoms with E-state index in [2.05, 4.69) is 5.32 Å². The Morgan fingerprint density at radius 2 is 1.62 bits per heavy atom. The topological polar surface area (TPSA) is 86.8 Å². The number of carbonyl (C=O) groups excluding carboxylic acids is 2. The number of sulfonamides is 1. The molecule has 7 nitrogen and oxygen atoms in total. The van der Waals surface area contributed by atoms with Gasteiger partial charge in [-0.1, -0.05) is 68.7 Å². The number of nitrogens with zero attached hydrogens (tertiary/aromatic N) is 2. The molecule has 0 aliphatic heterocycles. The van der Waals surface area contributed by atoms with Crippen molar-refractivity contribution in [2.24, 2.45) is 0 Å². The van der Waals surface area contributed by atoms with E-state index in [0.29, 0.717) is 23.2 Å². The van der Waals surface area contributed by atoms with Crippen LogP contribution in [0.1, 0.15) is 62.1 Å². The van der Waals surface area contributed by atoms with Gasteiger partial charge in [-0.25, -0.2) is 12.8 Å². The number of amides is 2. The van der Waals surface area contributed by atoms with Gasteiger partial charge in [-0.2, -0.15) is 0 Å². The van der Waals surface area contributed by atoms with Crippen LogP contribution in [0.5, 0.6) is 0 Å². The third-order valence-corrected chi connectivity index (χ3v) is 9.62. The van der Waals surface area contributed by atoms with Crippen LogP contribution in [0.4, 0.5) is 10.1 Å². The molecule has 1 fully saturated rings. The summed E-state index contributed by atoms with van der Waals surface area (Å²) in [5.41, 5.74) is 2.57. The van der Waals surface area contributed by atoms with Gasteiger partial charge >= 0.3 is 0 Å². The van der Waals surface area contributed by atoms with Crippen LogP contribution in [0.15, 0.2) is 77.7 Å². The molecule has 0 heterocycles. The zero-order chi connectivity index (χ0) is 30.3. The maximum absolute atomic E-state index is 14.2. The summed E-state index contributed by atoms with van der Waals surface area (Å²) < 4.78 is 42.9. The van der Waals surface area contributed by atoms with Gasteiger partial charge < -0.3 is 10.2 Å². The Kier molecular flexibility index (Phi) is 10.4. The number of carbonyl (C=O) groups is 2. The first-order chi connectivity index (χ1) is 20.1. The Hall–Kier alpha value is -3.72. The Morgan fingerprint density at radius 3 is 2.26 bits per heavy atom. The van der Waals surface area contributed by atoms with Gasteiger partial charge in [-0.15, -0.1) is 0 Å². The molecule has 2 amide bonds. The van der Waals surface area contributed by atoms with Crippen LogP contribution < -0.4 is 9.62 Å². The first-order valence-electron chi connectivity index (χ1n) is 14.6. The van der Waals surface area contributed by atoms with Gasteiger partial charge in [0.1, 0.15) is 18.4 Å². The summed E-state index contributed by atoms with van der Waals surface area (Å²) in [4.78, 5) is 29.3. The number of nitrogens with one attached hydrogen (secondary N) is 1. The van der Waals surface area contributed by atoms with Crippen molar-refractivity contribution in [3.8, 4) is 0 Å². The summed E-state index contributed by atoms with van der Waals surface area (Å²) in [7, 11) is -4.14. The SMILES string of the molecule is CCC(C(=O)NC1CCCCC1)N(Cc1ccc(F)cc1)C(=O)CN(c1cc(C)ccc1C)S(=O)(=O)c1ccccc1. The summed E-state index contributed by atoms with van der Waals surface area (Å²) >= 11 is 0. The van der Waals surface area contributed by atoms with Gasteiger partial charge in [0, 0.05) is 12.6 Å². The normalized spacial score (nSPS) is 14.7. The fraction of sp³-hybridized carbons (Fsp3) is 0.394. The van der Waals surface area contributed by atoms with Crippen LogP contribution in [0, 0.1) is 19.7 Å². The van der Waals surface area contributed by atoms with E-state index in [1.807, 2.05) is 26.0 Å². The van der Waals surface area contributed by atoms with E-state index in [1.165, 1.54) is 29.2 Å². The van der Waals surface area contributed by atoms with Gasteiger partial charge in [0.15, 0.2) is 0 Å². The first-order valence-corrected chi connectivity index (χ1v) is 16.0. The second-order valence-corrected chi connectivity index (χ2v) is 12.9. The van der Waals surface area contributed by atoms with E-state index in [1.54, 1.807) is 43.3 Å². The number of rotatable bonds is 11. The minimum Gasteiger partial charge on any atom is -0.352 e. The Balaban J connectivity index is 1.72. The van der Waals surface area contributed by atoms with Crippen molar-refractivity contribution in [1.29, 1.82) is 0 Å². The van der Waals surface area contributed by atoms with Crippen molar-refractivity contribution in [3.63, 3.8) is 0 Å². The molecule has 1 atom stereocenters. The van der Waals surface area contributed by atoms with E-state index in [4.69, 9.17) is 0 Å². The molecule has 0 spiro atoms. The molecule has 0 saturated heterocycles. The number of benzene rings is 3. The number of aryl methyl sites for hydroxylation is 2. The minimum atomic E-state index is -4.14. The Morgan fingerprint density at radius 1 is 0.952 bits per heavy atom. The lowest BCUT2D eigenvalue weighted by atomic mass is 9.95. The standard InChI is InChI=1S/C33H40FN3O4S/c1-4-30(33(39)35-28-11-7-5-8-12-28)36(22-26-17-19-27(34)20-18-26)32(38)23-37(31-21-24(2)15-16-25(31)3)42(40,41)29-13-9-6-10-14-29/h6,9-10,13-21,28,30H,4-5,7-8,11-12,22-23H2,1-3H3,(H,35,39). The molecular weight excluding hydrogens is 553 g/mol. The molecule has 3 aromatic rings. The summed E-state index contributed by atoms with van der Waals surface area (Å²) in [6.45, 7) is 5.02. The molecule has 1 aliphatic carbocycles. The quantitative estimate of drug-likeness (QED) is 0.300. The third-order valence-electron chi connectivity index (χ3n) is 7.85. The molecule has 42 heavy (non-hydrogen) atoms. The molecule has 9 heteroatoms. The lowest BCUT2D eigenvalue weighted by Crippen LogP contribution is -2.54. The summed E-state index contributed by atoms with van der Waals surface area (Å²) in [6.07, 6.45) is 5.35. The lowest BCUT2D eigenvalue weighted by Gasteiger charge is -2.34.